The number of fused-ring (bicyclic) bond motifs is 1. The van der Waals surface area contributed by atoms with Crippen LogP contribution < -0.4 is 0 Å². The van der Waals surface area contributed by atoms with E-state index in [-0.39, 0.29) is 13.2 Å². The number of hydrogen-bond donors (Lipinski definition) is 3. The Kier molecular flexibility index (Phi) is 2.11. The molecule has 2 rings (SSSR count). The Labute approximate surface area is 78.8 Å². The number of aliphatic hydroxyl groups excluding tert-OH is 1. The van der Waals surface area contributed by atoms with Crippen molar-refractivity contribution in [1.82, 2.24) is 0 Å². The Morgan fingerprint density at radius 1 is 1.50 bits per heavy atom. The molecular formula is C7H10O7. The minimum Gasteiger partial charge on any atom is -0.450 e. The van der Waals surface area contributed by atoms with Gasteiger partial charge in [0.2, 0.25) is 0 Å². The predicted molar refractivity (Wildman–Crippen MR) is 39.5 cm³/mol. The summed E-state index contributed by atoms with van der Waals surface area (Å²) in [6.07, 6.45) is -4.14. The molecular weight excluding hydrogens is 196 g/mol. The smallest absolute Gasteiger partial charge is 0.450 e. The van der Waals surface area contributed by atoms with Crippen LogP contribution in [-0.4, -0.2) is 58.8 Å². The summed E-state index contributed by atoms with van der Waals surface area (Å²) in [6.45, 7) is -0.327. The van der Waals surface area contributed by atoms with E-state index in [0.717, 1.165) is 0 Å². The Hall–Kier alpha value is -0.890. The van der Waals surface area contributed by atoms with Gasteiger partial charge in [0.15, 0.2) is 6.10 Å². The fourth-order valence-corrected chi connectivity index (χ4v) is 1.72. The SMILES string of the molecule is O=C(O)O[C@@]1(O)CO[C@@H]2[C@H](O)CO[C@@H]21. The number of carboxylic acid groups (broad SMARTS) is 1. The zero-order valence-electron chi connectivity index (χ0n) is 7.12. The van der Waals surface area contributed by atoms with Crippen molar-refractivity contribution in [3.05, 3.63) is 0 Å². The third-order valence-corrected chi connectivity index (χ3v) is 2.32. The summed E-state index contributed by atoms with van der Waals surface area (Å²) in [7, 11) is 0. The largest absolute Gasteiger partial charge is 0.508 e. The number of rotatable bonds is 1. The molecule has 0 radical (unpaired) electrons. The minimum atomic E-state index is -2.01. The molecule has 14 heavy (non-hydrogen) atoms. The van der Waals surface area contributed by atoms with E-state index in [2.05, 4.69) is 4.74 Å². The van der Waals surface area contributed by atoms with Crippen LogP contribution in [-0.2, 0) is 14.2 Å². The first kappa shape index (κ1) is 9.66. The second kappa shape index (κ2) is 3.06. The lowest BCUT2D eigenvalue weighted by Gasteiger charge is -2.24. The molecule has 2 heterocycles. The van der Waals surface area contributed by atoms with Crippen molar-refractivity contribution in [3.63, 3.8) is 0 Å². The van der Waals surface area contributed by atoms with E-state index in [1.54, 1.807) is 0 Å². The van der Waals surface area contributed by atoms with Crippen LogP contribution in [0.25, 0.3) is 0 Å². The quantitative estimate of drug-likeness (QED) is 0.355. The van der Waals surface area contributed by atoms with E-state index in [0.29, 0.717) is 0 Å². The van der Waals surface area contributed by atoms with E-state index >= 15 is 0 Å². The molecule has 80 valence electrons. The highest BCUT2D eigenvalue weighted by atomic mass is 16.8. The third kappa shape index (κ3) is 1.34. The average Bonchev–Trinajstić information content (AvgIpc) is 2.55. The van der Waals surface area contributed by atoms with E-state index < -0.39 is 30.3 Å². The highest BCUT2D eigenvalue weighted by Crippen LogP contribution is 2.34. The van der Waals surface area contributed by atoms with Gasteiger partial charge in [0.25, 0.3) is 5.79 Å². The van der Waals surface area contributed by atoms with Gasteiger partial charge >= 0.3 is 6.16 Å². The molecule has 7 nitrogen and oxygen atoms in total. The van der Waals surface area contributed by atoms with Crippen LogP contribution in [0.3, 0.4) is 0 Å². The molecule has 2 aliphatic heterocycles. The molecule has 2 fully saturated rings. The van der Waals surface area contributed by atoms with Gasteiger partial charge in [-0.15, -0.1) is 0 Å². The highest BCUT2D eigenvalue weighted by molar-refractivity contribution is 5.57. The van der Waals surface area contributed by atoms with Gasteiger partial charge in [0, 0.05) is 0 Å². The normalized spacial score (nSPS) is 46.3. The zero-order chi connectivity index (χ0) is 10.3. The lowest BCUT2D eigenvalue weighted by molar-refractivity contribution is -0.217. The Balaban J connectivity index is 2.11. The molecule has 0 unspecified atom stereocenters. The number of carbonyl (C=O) groups is 1. The van der Waals surface area contributed by atoms with Gasteiger partial charge in [-0.25, -0.2) is 4.79 Å². The molecule has 0 bridgehead atoms. The fourth-order valence-electron chi connectivity index (χ4n) is 1.72. The van der Waals surface area contributed by atoms with E-state index in [1.807, 2.05) is 0 Å². The van der Waals surface area contributed by atoms with Gasteiger partial charge in [0.05, 0.1) is 6.61 Å². The summed E-state index contributed by atoms with van der Waals surface area (Å²) in [5.41, 5.74) is 0. The van der Waals surface area contributed by atoms with Crippen LogP contribution in [0.1, 0.15) is 0 Å². The minimum absolute atomic E-state index is 0.000617. The number of ether oxygens (including phenoxy) is 3. The van der Waals surface area contributed by atoms with Crippen LogP contribution in [0, 0.1) is 0 Å². The maximum atomic E-state index is 10.3. The molecule has 3 N–H and O–H groups in total. The van der Waals surface area contributed by atoms with Crippen molar-refractivity contribution >= 4 is 6.16 Å². The van der Waals surface area contributed by atoms with Gasteiger partial charge in [-0.05, 0) is 0 Å². The second-order valence-electron chi connectivity index (χ2n) is 3.31. The Morgan fingerprint density at radius 2 is 2.21 bits per heavy atom. The molecule has 0 amide bonds. The van der Waals surface area contributed by atoms with Gasteiger partial charge in [-0.3, -0.25) is 0 Å². The van der Waals surface area contributed by atoms with Gasteiger partial charge < -0.3 is 29.5 Å². The lowest BCUT2D eigenvalue weighted by Crippen LogP contribution is -2.47. The van der Waals surface area contributed by atoms with Gasteiger partial charge in [-0.1, -0.05) is 0 Å². The first-order chi connectivity index (χ1) is 6.53. The van der Waals surface area contributed by atoms with E-state index in [1.165, 1.54) is 0 Å². The molecule has 0 saturated carbocycles. The summed E-state index contributed by atoms with van der Waals surface area (Å²) in [4.78, 5) is 10.3. The van der Waals surface area contributed by atoms with E-state index in [9.17, 15) is 15.0 Å². The molecule has 0 aromatic heterocycles. The first-order valence-electron chi connectivity index (χ1n) is 4.08. The highest BCUT2D eigenvalue weighted by Gasteiger charge is 2.58. The van der Waals surface area contributed by atoms with Crippen LogP contribution in [0.4, 0.5) is 4.79 Å². The number of hydrogen-bond acceptors (Lipinski definition) is 6. The predicted octanol–water partition coefficient (Wildman–Crippen LogP) is -1.47. The van der Waals surface area contributed by atoms with Crippen LogP contribution in [0.2, 0.25) is 0 Å². The maximum Gasteiger partial charge on any atom is 0.508 e. The molecule has 2 aliphatic rings. The number of aliphatic hydroxyl groups is 2. The zero-order valence-corrected chi connectivity index (χ0v) is 7.12. The van der Waals surface area contributed by atoms with Crippen molar-refractivity contribution in [2.45, 2.75) is 24.1 Å². The van der Waals surface area contributed by atoms with Crippen molar-refractivity contribution < 1.29 is 34.3 Å². The molecule has 0 spiro atoms. The van der Waals surface area contributed by atoms with Crippen molar-refractivity contribution in [3.8, 4) is 0 Å². The fraction of sp³-hybridized carbons (Fsp3) is 0.857. The summed E-state index contributed by atoms with van der Waals surface area (Å²) in [5.74, 6) is -2.01. The Morgan fingerprint density at radius 3 is 2.86 bits per heavy atom. The first-order valence-corrected chi connectivity index (χ1v) is 4.08. The topological polar surface area (TPSA) is 105 Å². The van der Waals surface area contributed by atoms with Gasteiger partial charge in [0.1, 0.15) is 18.8 Å². The second-order valence-corrected chi connectivity index (χ2v) is 3.31. The van der Waals surface area contributed by atoms with Crippen molar-refractivity contribution in [1.29, 1.82) is 0 Å². The molecule has 2 saturated heterocycles. The van der Waals surface area contributed by atoms with Crippen LogP contribution in [0.15, 0.2) is 0 Å². The molecule has 0 aromatic rings. The average molecular weight is 206 g/mol. The summed E-state index contributed by atoms with van der Waals surface area (Å²) < 4.78 is 14.3. The Bertz CT molecular complexity index is 254. The van der Waals surface area contributed by atoms with E-state index in [4.69, 9.17) is 14.6 Å². The summed E-state index contributed by atoms with van der Waals surface area (Å²) >= 11 is 0. The van der Waals surface area contributed by atoms with Crippen LogP contribution in [0.5, 0.6) is 0 Å². The van der Waals surface area contributed by atoms with Crippen molar-refractivity contribution in [2.24, 2.45) is 0 Å². The van der Waals surface area contributed by atoms with Crippen molar-refractivity contribution in [2.75, 3.05) is 13.2 Å². The summed E-state index contributed by atoms with van der Waals surface area (Å²) in [5, 5.41) is 27.4. The molecule has 4 atom stereocenters. The molecule has 7 heteroatoms. The van der Waals surface area contributed by atoms with Crippen LogP contribution >= 0.6 is 0 Å². The maximum absolute atomic E-state index is 10.3. The summed E-state index contributed by atoms with van der Waals surface area (Å²) in [6, 6.07) is 0. The molecule has 0 aromatic carbocycles. The molecule has 0 aliphatic carbocycles. The monoisotopic (exact) mass is 206 g/mol. The third-order valence-electron chi connectivity index (χ3n) is 2.32. The lowest BCUT2D eigenvalue weighted by atomic mass is 10.1. The van der Waals surface area contributed by atoms with Gasteiger partial charge in [-0.2, -0.15) is 0 Å². The standard InChI is InChI=1S/C7H10O7/c8-3-1-12-5-4(3)13-2-7(5,11)14-6(9)10/h3-5,8,11H,1-2H2,(H,9,10)/t3-,4-,5+,7+/m1/s1.